The van der Waals surface area contributed by atoms with Crippen molar-refractivity contribution in [3.8, 4) is 0 Å². The highest BCUT2D eigenvalue weighted by atomic mass is 16.3. The van der Waals surface area contributed by atoms with E-state index in [-0.39, 0.29) is 6.10 Å². The van der Waals surface area contributed by atoms with Crippen molar-refractivity contribution in [1.82, 2.24) is 15.1 Å². The molecule has 4 nitrogen and oxygen atoms in total. The van der Waals surface area contributed by atoms with Crippen LogP contribution in [0.1, 0.15) is 46.0 Å². The second kappa shape index (κ2) is 7.23. The molecule has 0 spiro atoms. The van der Waals surface area contributed by atoms with Gasteiger partial charge in [-0.15, -0.1) is 0 Å². The molecule has 0 amide bonds. The maximum atomic E-state index is 10.0. The van der Waals surface area contributed by atoms with E-state index in [4.69, 9.17) is 0 Å². The van der Waals surface area contributed by atoms with E-state index in [0.717, 1.165) is 12.5 Å². The topological polar surface area (TPSA) is 50.1 Å². The van der Waals surface area contributed by atoms with Gasteiger partial charge in [-0.1, -0.05) is 26.7 Å². The molecule has 1 aromatic rings. The zero-order valence-electron chi connectivity index (χ0n) is 12.9. The van der Waals surface area contributed by atoms with Gasteiger partial charge < -0.3 is 10.4 Å². The molecule has 1 aliphatic carbocycles. The lowest BCUT2D eigenvalue weighted by molar-refractivity contribution is 0.136. The molecule has 0 saturated heterocycles. The fourth-order valence-electron chi connectivity index (χ4n) is 3.64. The van der Waals surface area contributed by atoms with E-state index in [1.54, 1.807) is 10.9 Å². The van der Waals surface area contributed by atoms with Crippen LogP contribution in [-0.4, -0.2) is 34.1 Å². The van der Waals surface area contributed by atoms with Crippen LogP contribution in [-0.2, 0) is 6.54 Å². The van der Waals surface area contributed by atoms with Crippen LogP contribution >= 0.6 is 0 Å². The number of aromatic nitrogens is 2. The van der Waals surface area contributed by atoms with Gasteiger partial charge in [0.15, 0.2) is 0 Å². The molecular weight excluding hydrogens is 250 g/mol. The molecule has 4 heteroatoms. The average Bonchev–Trinajstić information content (AvgIpc) is 3.00. The largest absolute Gasteiger partial charge is 0.390 e. The second-order valence-corrected chi connectivity index (χ2v) is 6.82. The first-order valence-corrected chi connectivity index (χ1v) is 7.96. The van der Waals surface area contributed by atoms with Gasteiger partial charge in [0.05, 0.1) is 12.6 Å². The smallest absolute Gasteiger partial charge is 0.0860 e. The standard InChI is InChI=1S/C16H29N3O/c1-14(2)10-16(6-3-4-7-16)13-17-11-15(20)12-19-9-5-8-18-19/h5,8-9,14-15,17,20H,3-4,6-7,10-13H2,1-2H3. The van der Waals surface area contributed by atoms with E-state index >= 15 is 0 Å². The second-order valence-electron chi connectivity index (χ2n) is 6.82. The van der Waals surface area contributed by atoms with Crippen LogP contribution in [0.15, 0.2) is 18.5 Å². The first-order chi connectivity index (χ1) is 9.60. The summed E-state index contributed by atoms with van der Waals surface area (Å²) in [6.07, 6.45) is 9.98. The summed E-state index contributed by atoms with van der Waals surface area (Å²) in [4.78, 5) is 0. The minimum Gasteiger partial charge on any atom is -0.390 e. The number of hydrogen-bond donors (Lipinski definition) is 2. The van der Waals surface area contributed by atoms with E-state index in [1.807, 2.05) is 12.3 Å². The predicted octanol–water partition coefficient (Wildman–Crippen LogP) is 2.44. The van der Waals surface area contributed by atoms with E-state index in [2.05, 4.69) is 24.3 Å². The van der Waals surface area contributed by atoms with Crippen molar-refractivity contribution in [3.63, 3.8) is 0 Å². The molecular formula is C16H29N3O. The molecule has 20 heavy (non-hydrogen) atoms. The van der Waals surface area contributed by atoms with Crippen LogP contribution in [0.3, 0.4) is 0 Å². The van der Waals surface area contributed by atoms with Crippen molar-refractivity contribution in [2.75, 3.05) is 13.1 Å². The molecule has 1 atom stereocenters. The summed E-state index contributed by atoms with van der Waals surface area (Å²) in [6.45, 7) is 6.89. The Kier molecular flexibility index (Phi) is 5.61. The molecule has 1 saturated carbocycles. The number of rotatable bonds is 8. The summed E-state index contributed by atoms with van der Waals surface area (Å²) in [5, 5.41) is 17.7. The highest BCUT2D eigenvalue weighted by molar-refractivity contribution is 4.87. The molecule has 1 heterocycles. The van der Waals surface area contributed by atoms with Gasteiger partial charge in [0.2, 0.25) is 0 Å². The summed E-state index contributed by atoms with van der Waals surface area (Å²) >= 11 is 0. The minimum atomic E-state index is -0.368. The van der Waals surface area contributed by atoms with Crippen molar-refractivity contribution in [1.29, 1.82) is 0 Å². The molecule has 2 rings (SSSR count). The molecule has 0 radical (unpaired) electrons. The van der Waals surface area contributed by atoms with Gasteiger partial charge in [0.25, 0.3) is 0 Å². The summed E-state index contributed by atoms with van der Waals surface area (Å²) in [6, 6.07) is 1.89. The third kappa shape index (κ3) is 4.60. The molecule has 1 fully saturated rings. The Bertz CT molecular complexity index is 369. The Balaban J connectivity index is 1.73. The van der Waals surface area contributed by atoms with Crippen LogP contribution in [0.2, 0.25) is 0 Å². The maximum absolute atomic E-state index is 10.0. The zero-order valence-corrected chi connectivity index (χ0v) is 12.9. The van der Waals surface area contributed by atoms with Gasteiger partial charge >= 0.3 is 0 Å². The molecule has 0 aliphatic heterocycles. The number of aliphatic hydroxyl groups is 1. The average molecular weight is 279 g/mol. The summed E-state index contributed by atoms with van der Waals surface area (Å²) < 4.78 is 1.78. The summed E-state index contributed by atoms with van der Waals surface area (Å²) in [7, 11) is 0. The quantitative estimate of drug-likeness (QED) is 0.768. The van der Waals surface area contributed by atoms with Crippen molar-refractivity contribution >= 4 is 0 Å². The van der Waals surface area contributed by atoms with Crippen molar-refractivity contribution < 1.29 is 5.11 Å². The van der Waals surface area contributed by atoms with Crippen molar-refractivity contribution in [2.45, 2.75) is 58.6 Å². The Morgan fingerprint density at radius 2 is 2.10 bits per heavy atom. The normalized spacial score (nSPS) is 19.6. The van der Waals surface area contributed by atoms with Gasteiger partial charge in [-0.25, -0.2) is 0 Å². The summed E-state index contributed by atoms with van der Waals surface area (Å²) in [5.41, 5.74) is 0.472. The van der Waals surface area contributed by atoms with Gasteiger partial charge in [-0.3, -0.25) is 4.68 Å². The molecule has 2 N–H and O–H groups in total. The summed E-state index contributed by atoms with van der Waals surface area (Å²) in [5.74, 6) is 0.754. The molecule has 1 aliphatic rings. The molecule has 114 valence electrons. The number of aliphatic hydroxyl groups excluding tert-OH is 1. The fourth-order valence-corrected chi connectivity index (χ4v) is 3.64. The van der Waals surface area contributed by atoms with Gasteiger partial charge in [-0.2, -0.15) is 5.10 Å². The van der Waals surface area contributed by atoms with Crippen molar-refractivity contribution in [3.05, 3.63) is 18.5 Å². The monoisotopic (exact) mass is 279 g/mol. The maximum Gasteiger partial charge on any atom is 0.0860 e. The van der Waals surface area contributed by atoms with Crippen LogP contribution in [0.5, 0.6) is 0 Å². The van der Waals surface area contributed by atoms with Crippen LogP contribution in [0, 0.1) is 11.3 Å². The van der Waals surface area contributed by atoms with Crippen LogP contribution < -0.4 is 5.32 Å². The van der Waals surface area contributed by atoms with E-state index in [0.29, 0.717) is 18.5 Å². The number of hydrogen-bond acceptors (Lipinski definition) is 3. The Morgan fingerprint density at radius 1 is 1.35 bits per heavy atom. The third-order valence-electron chi connectivity index (χ3n) is 4.34. The molecule has 1 unspecified atom stereocenters. The Labute approximate surface area is 122 Å². The van der Waals surface area contributed by atoms with Crippen LogP contribution in [0.25, 0.3) is 0 Å². The van der Waals surface area contributed by atoms with Gasteiger partial charge in [0.1, 0.15) is 0 Å². The first kappa shape index (κ1) is 15.5. The Morgan fingerprint density at radius 3 is 2.70 bits per heavy atom. The SMILES string of the molecule is CC(C)CC1(CNCC(O)Cn2cccn2)CCCC1. The third-order valence-corrected chi connectivity index (χ3v) is 4.34. The van der Waals surface area contributed by atoms with Crippen molar-refractivity contribution in [2.24, 2.45) is 11.3 Å². The highest BCUT2D eigenvalue weighted by Gasteiger charge is 2.33. The lowest BCUT2D eigenvalue weighted by Crippen LogP contribution is -2.38. The molecule has 0 aromatic carbocycles. The fraction of sp³-hybridized carbons (Fsp3) is 0.812. The van der Waals surface area contributed by atoms with E-state index in [9.17, 15) is 5.11 Å². The zero-order chi connectivity index (χ0) is 14.4. The van der Waals surface area contributed by atoms with Gasteiger partial charge in [0, 0.05) is 25.5 Å². The Hall–Kier alpha value is -0.870. The lowest BCUT2D eigenvalue weighted by atomic mass is 9.78. The number of nitrogens with one attached hydrogen (secondary N) is 1. The minimum absolute atomic E-state index is 0.368. The van der Waals surface area contributed by atoms with Gasteiger partial charge in [-0.05, 0) is 36.7 Å². The predicted molar refractivity (Wildman–Crippen MR) is 81.5 cm³/mol. The first-order valence-electron chi connectivity index (χ1n) is 7.96. The highest BCUT2D eigenvalue weighted by Crippen LogP contribution is 2.42. The lowest BCUT2D eigenvalue weighted by Gasteiger charge is -2.31. The van der Waals surface area contributed by atoms with E-state index in [1.165, 1.54) is 32.1 Å². The molecule has 0 bridgehead atoms. The van der Waals surface area contributed by atoms with E-state index < -0.39 is 0 Å². The number of nitrogens with zero attached hydrogens (tertiary/aromatic N) is 2. The van der Waals surface area contributed by atoms with Crippen LogP contribution in [0.4, 0.5) is 0 Å². The molecule has 1 aromatic heterocycles.